The van der Waals surface area contributed by atoms with Gasteiger partial charge in [0.15, 0.2) is 0 Å². The smallest absolute Gasteiger partial charge is 0.131 e. The fraction of sp³-hybridized carbons (Fsp3) is 0.692. The van der Waals surface area contributed by atoms with E-state index in [2.05, 4.69) is 48.3 Å². The van der Waals surface area contributed by atoms with E-state index in [1.165, 1.54) is 0 Å². The van der Waals surface area contributed by atoms with Crippen LogP contribution >= 0.6 is 0 Å². The lowest BCUT2D eigenvalue weighted by atomic mass is 9.99. The van der Waals surface area contributed by atoms with Crippen LogP contribution in [0, 0.1) is 0 Å². The second-order valence-electron chi connectivity index (χ2n) is 4.97. The van der Waals surface area contributed by atoms with Gasteiger partial charge in [0.05, 0.1) is 0 Å². The summed E-state index contributed by atoms with van der Waals surface area (Å²) >= 11 is 0. The molecule has 96 valence electrons. The van der Waals surface area contributed by atoms with Crippen molar-refractivity contribution in [1.29, 1.82) is 0 Å². The second kappa shape index (κ2) is 6.42. The highest BCUT2D eigenvalue weighted by Crippen LogP contribution is 2.18. The first-order chi connectivity index (χ1) is 8.07. The maximum Gasteiger partial charge on any atom is 0.131 e. The van der Waals surface area contributed by atoms with Gasteiger partial charge in [-0.05, 0) is 26.7 Å². The summed E-state index contributed by atoms with van der Waals surface area (Å²) in [6, 6.07) is 1.97. The molecule has 1 rings (SSSR count). The lowest BCUT2D eigenvalue weighted by molar-refractivity contribution is 0.509. The van der Waals surface area contributed by atoms with E-state index in [9.17, 15) is 0 Å². The van der Waals surface area contributed by atoms with Gasteiger partial charge in [0.1, 0.15) is 18.0 Å². The van der Waals surface area contributed by atoms with Crippen LogP contribution in [0.4, 0.5) is 11.6 Å². The lowest BCUT2D eigenvalue weighted by Gasteiger charge is -2.26. The summed E-state index contributed by atoms with van der Waals surface area (Å²) in [6.07, 6.45) is 4.97. The summed E-state index contributed by atoms with van der Waals surface area (Å²) < 4.78 is 0. The molecule has 1 heterocycles. The summed E-state index contributed by atoms with van der Waals surface area (Å²) in [5.74, 6) is 1.77. The highest BCUT2D eigenvalue weighted by atomic mass is 15.1. The third-order valence-electron chi connectivity index (χ3n) is 2.56. The molecule has 0 bridgehead atoms. The number of anilines is 2. The van der Waals surface area contributed by atoms with Gasteiger partial charge in [-0.15, -0.1) is 0 Å². The maximum absolute atomic E-state index is 4.25. The topological polar surface area (TPSA) is 49.8 Å². The minimum Gasteiger partial charge on any atom is -0.370 e. The summed E-state index contributed by atoms with van der Waals surface area (Å²) in [5.41, 5.74) is 0.0745. The van der Waals surface area contributed by atoms with E-state index < -0.39 is 0 Å². The summed E-state index contributed by atoms with van der Waals surface area (Å²) in [4.78, 5) is 8.44. The van der Waals surface area contributed by atoms with Crippen molar-refractivity contribution in [3.63, 3.8) is 0 Å². The Kier molecular flexibility index (Phi) is 5.19. The fourth-order valence-electron chi connectivity index (χ4n) is 1.81. The van der Waals surface area contributed by atoms with Crippen molar-refractivity contribution in [2.75, 3.05) is 17.2 Å². The van der Waals surface area contributed by atoms with Gasteiger partial charge in [-0.1, -0.05) is 20.3 Å². The van der Waals surface area contributed by atoms with Crippen molar-refractivity contribution in [3.05, 3.63) is 12.4 Å². The minimum absolute atomic E-state index is 0.0745. The van der Waals surface area contributed by atoms with E-state index in [0.29, 0.717) is 0 Å². The van der Waals surface area contributed by atoms with Gasteiger partial charge in [-0.2, -0.15) is 0 Å². The third-order valence-corrected chi connectivity index (χ3v) is 2.56. The zero-order valence-corrected chi connectivity index (χ0v) is 11.4. The second-order valence-corrected chi connectivity index (χ2v) is 4.97. The van der Waals surface area contributed by atoms with Gasteiger partial charge in [0.2, 0.25) is 0 Å². The molecule has 0 aliphatic heterocycles. The molecule has 0 spiro atoms. The molecule has 0 fully saturated rings. The Bertz CT molecular complexity index is 336. The van der Waals surface area contributed by atoms with Crippen LogP contribution in [0.15, 0.2) is 12.4 Å². The van der Waals surface area contributed by atoms with Crippen molar-refractivity contribution in [2.24, 2.45) is 0 Å². The molecular weight excluding hydrogens is 212 g/mol. The van der Waals surface area contributed by atoms with Crippen LogP contribution in [0.3, 0.4) is 0 Å². The van der Waals surface area contributed by atoms with E-state index in [1.54, 1.807) is 6.33 Å². The maximum atomic E-state index is 4.25. The normalized spacial score (nSPS) is 11.3. The van der Waals surface area contributed by atoms with Gasteiger partial charge in [0.25, 0.3) is 0 Å². The Morgan fingerprint density at radius 1 is 1.12 bits per heavy atom. The Balaban J connectivity index is 2.64. The van der Waals surface area contributed by atoms with Gasteiger partial charge in [-0.3, -0.25) is 0 Å². The molecule has 0 amide bonds. The van der Waals surface area contributed by atoms with Crippen molar-refractivity contribution in [2.45, 2.75) is 52.5 Å². The lowest BCUT2D eigenvalue weighted by Crippen LogP contribution is -2.30. The Labute approximate surface area is 104 Å². The monoisotopic (exact) mass is 236 g/mol. The predicted octanol–water partition coefficient (Wildman–Crippen LogP) is 3.29. The first-order valence-electron chi connectivity index (χ1n) is 6.41. The van der Waals surface area contributed by atoms with Crippen LogP contribution in [0.5, 0.6) is 0 Å². The Morgan fingerprint density at radius 3 is 2.47 bits per heavy atom. The largest absolute Gasteiger partial charge is 0.370 e. The Morgan fingerprint density at radius 2 is 1.82 bits per heavy atom. The average Bonchev–Trinajstić information content (AvgIpc) is 2.26. The van der Waals surface area contributed by atoms with E-state index in [-0.39, 0.29) is 5.54 Å². The van der Waals surface area contributed by atoms with E-state index in [4.69, 9.17) is 0 Å². The highest BCUT2D eigenvalue weighted by molar-refractivity contribution is 5.47. The van der Waals surface area contributed by atoms with Gasteiger partial charge < -0.3 is 10.6 Å². The van der Waals surface area contributed by atoms with Crippen LogP contribution in [-0.2, 0) is 0 Å². The van der Waals surface area contributed by atoms with Crippen LogP contribution in [0.25, 0.3) is 0 Å². The molecule has 0 saturated heterocycles. The van der Waals surface area contributed by atoms with Gasteiger partial charge in [0, 0.05) is 18.2 Å². The molecule has 0 unspecified atom stereocenters. The molecule has 17 heavy (non-hydrogen) atoms. The minimum atomic E-state index is 0.0745. The SMILES string of the molecule is CCCNc1cc(NC(C)(C)CCC)ncn1. The van der Waals surface area contributed by atoms with E-state index >= 15 is 0 Å². The van der Waals surface area contributed by atoms with E-state index in [1.807, 2.05) is 6.07 Å². The molecule has 0 saturated carbocycles. The Hall–Kier alpha value is -1.32. The van der Waals surface area contributed by atoms with Crippen LogP contribution in [-0.4, -0.2) is 22.1 Å². The predicted molar refractivity (Wildman–Crippen MR) is 73.4 cm³/mol. The number of nitrogens with zero attached hydrogens (tertiary/aromatic N) is 2. The molecule has 1 aromatic heterocycles. The van der Waals surface area contributed by atoms with Crippen molar-refractivity contribution in [3.8, 4) is 0 Å². The number of aromatic nitrogens is 2. The molecule has 0 radical (unpaired) electrons. The van der Waals surface area contributed by atoms with Crippen molar-refractivity contribution in [1.82, 2.24) is 9.97 Å². The molecule has 0 atom stereocenters. The summed E-state index contributed by atoms with van der Waals surface area (Å²) in [7, 11) is 0. The molecule has 1 aromatic rings. The quantitative estimate of drug-likeness (QED) is 0.762. The van der Waals surface area contributed by atoms with Crippen LogP contribution < -0.4 is 10.6 Å². The standard InChI is InChI=1S/C13H24N4/c1-5-7-13(3,4)17-12-9-11(14-8-6-2)15-10-16-12/h9-10H,5-8H2,1-4H3,(H2,14,15,16,17). The van der Waals surface area contributed by atoms with E-state index in [0.717, 1.165) is 37.4 Å². The van der Waals surface area contributed by atoms with Crippen molar-refractivity contribution < 1.29 is 0 Å². The first-order valence-corrected chi connectivity index (χ1v) is 6.41. The molecule has 2 N–H and O–H groups in total. The number of rotatable bonds is 7. The number of hydrogen-bond donors (Lipinski definition) is 2. The number of nitrogens with one attached hydrogen (secondary N) is 2. The summed E-state index contributed by atoms with van der Waals surface area (Å²) in [5, 5.41) is 6.71. The zero-order chi connectivity index (χ0) is 12.7. The van der Waals surface area contributed by atoms with Crippen LogP contribution in [0.2, 0.25) is 0 Å². The molecule has 4 nitrogen and oxygen atoms in total. The van der Waals surface area contributed by atoms with Gasteiger partial charge in [-0.25, -0.2) is 9.97 Å². The van der Waals surface area contributed by atoms with Crippen molar-refractivity contribution >= 4 is 11.6 Å². The third kappa shape index (κ3) is 5.02. The zero-order valence-electron chi connectivity index (χ0n) is 11.4. The fourth-order valence-corrected chi connectivity index (χ4v) is 1.81. The highest BCUT2D eigenvalue weighted by Gasteiger charge is 2.16. The molecule has 0 aromatic carbocycles. The molecule has 4 heteroatoms. The molecule has 0 aliphatic rings. The average molecular weight is 236 g/mol. The van der Waals surface area contributed by atoms with Crippen LogP contribution in [0.1, 0.15) is 47.0 Å². The number of hydrogen-bond acceptors (Lipinski definition) is 4. The molecular formula is C13H24N4. The first kappa shape index (κ1) is 13.7. The summed E-state index contributed by atoms with van der Waals surface area (Å²) in [6.45, 7) is 9.65. The van der Waals surface area contributed by atoms with Gasteiger partial charge >= 0.3 is 0 Å². The molecule has 0 aliphatic carbocycles.